The third-order valence-corrected chi connectivity index (χ3v) is 4.34. The van der Waals surface area contributed by atoms with Crippen molar-refractivity contribution in [3.05, 3.63) is 21.9 Å². The molecule has 0 amide bonds. The molecule has 3 N–H and O–H groups in total. The van der Waals surface area contributed by atoms with E-state index >= 15 is 0 Å². The SMILES string of the molecule is CC1CCN(Cc2ccc(C#CCN)s2)CC1O. The fourth-order valence-corrected chi connectivity index (χ4v) is 3.07. The van der Waals surface area contributed by atoms with Crippen molar-refractivity contribution in [3.8, 4) is 11.8 Å². The maximum Gasteiger partial charge on any atom is 0.0772 e. The smallest absolute Gasteiger partial charge is 0.0772 e. The van der Waals surface area contributed by atoms with Crippen molar-refractivity contribution in [2.45, 2.75) is 26.0 Å². The summed E-state index contributed by atoms with van der Waals surface area (Å²) in [6, 6.07) is 4.17. The van der Waals surface area contributed by atoms with Gasteiger partial charge in [-0.1, -0.05) is 18.8 Å². The zero-order valence-electron chi connectivity index (χ0n) is 10.7. The van der Waals surface area contributed by atoms with Crippen LogP contribution in [0.3, 0.4) is 0 Å². The highest BCUT2D eigenvalue weighted by molar-refractivity contribution is 7.12. The van der Waals surface area contributed by atoms with Crippen molar-refractivity contribution < 1.29 is 5.11 Å². The average molecular weight is 264 g/mol. The molecule has 2 rings (SSSR count). The number of hydrogen-bond donors (Lipinski definition) is 2. The van der Waals surface area contributed by atoms with E-state index in [9.17, 15) is 5.11 Å². The van der Waals surface area contributed by atoms with E-state index in [1.165, 1.54) is 4.88 Å². The summed E-state index contributed by atoms with van der Waals surface area (Å²) in [5, 5.41) is 9.87. The topological polar surface area (TPSA) is 49.5 Å². The number of hydrogen-bond acceptors (Lipinski definition) is 4. The Hall–Kier alpha value is -0.860. The molecule has 1 aromatic rings. The fraction of sp³-hybridized carbons (Fsp3) is 0.571. The van der Waals surface area contributed by atoms with Crippen LogP contribution in [0.15, 0.2) is 12.1 Å². The molecule has 1 fully saturated rings. The standard InChI is InChI=1S/C14H20N2OS/c1-11-6-8-16(10-14(11)17)9-13-5-4-12(18-13)3-2-7-15/h4-5,11,14,17H,6-10,15H2,1H3. The number of likely N-dealkylation sites (tertiary alicyclic amines) is 1. The molecule has 2 atom stereocenters. The molecule has 18 heavy (non-hydrogen) atoms. The molecule has 0 aliphatic carbocycles. The van der Waals surface area contributed by atoms with Crippen molar-refractivity contribution in [2.75, 3.05) is 19.6 Å². The van der Waals surface area contributed by atoms with Gasteiger partial charge in [0.05, 0.1) is 17.5 Å². The van der Waals surface area contributed by atoms with Gasteiger partial charge in [-0.25, -0.2) is 0 Å². The summed E-state index contributed by atoms with van der Waals surface area (Å²) >= 11 is 1.72. The highest BCUT2D eigenvalue weighted by Gasteiger charge is 2.24. The lowest BCUT2D eigenvalue weighted by Crippen LogP contribution is -2.42. The third-order valence-electron chi connectivity index (χ3n) is 3.36. The van der Waals surface area contributed by atoms with Gasteiger partial charge in [-0.3, -0.25) is 4.90 Å². The van der Waals surface area contributed by atoms with Crippen molar-refractivity contribution in [1.29, 1.82) is 0 Å². The summed E-state index contributed by atoms with van der Waals surface area (Å²) in [5.41, 5.74) is 5.36. The van der Waals surface area contributed by atoms with Crippen LogP contribution in [-0.4, -0.2) is 35.7 Å². The van der Waals surface area contributed by atoms with Gasteiger partial charge in [-0.05, 0) is 31.0 Å². The highest BCUT2D eigenvalue weighted by atomic mass is 32.1. The Balaban J connectivity index is 1.91. The lowest BCUT2D eigenvalue weighted by Gasteiger charge is -2.33. The Morgan fingerprint density at radius 1 is 1.56 bits per heavy atom. The van der Waals surface area contributed by atoms with Gasteiger partial charge in [0.1, 0.15) is 0 Å². The molecular formula is C14H20N2OS. The van der Waals surface area contributed by atoms with Gasteiger partial charge in [0.25, 0.3) is 0 Å². The quantitative estimate of drug-likeness (QED) is 0.791. The Morgan fingerprint density at radius 3 is 3.11 bits per heavy atom. The molecule has 98 valence electrons. The van der Waals surface area contributed by atoms with Gasteiger partial charge >= 0.3 is 0 Å². The molecule has 4 heteroatoms. The predicted molar refractivity (Wildman–Crippen MR) is 75.3 cm³/mol. The Labute approximate surface area is 113 Å². The highest BCUT2D eigenvalue weighted by Crippen LogP contribution is 2.22. The Morgan fingerprint density at radius 2 is 2.39 bits per heavy atom. The zero-order valence-corrected chi connectivity index (χ0v) is 11.5. The van der Waals surface area contributed by atoms with Crippen molar-refractivity contribution in [1.82, 2.24) is 4.90 Å². The van der Waals surface area contributed by atoms with Gasteiger partial charge in [-0.2, -0.15) is 0 Å². The van der Waals surface area contributed by atoms with Gasteiger partial charge in [0.2, 0.25) is 0 Å². The third kappa shape index (κ3) is 3.56. The summed E-state index contributed by atoms with van der Waals surface area (Å²) in [7, 11) is 0. The van der Waals surface area contributed by atoms with Crippen LogP contribution in [0.1, 0.15) is 23.1 Å². The summed E-state index contributed by atoms with van der Waals surface area (Å²) in [6.07, 6.45) is 0.891. The Kier molecular flexibility index (Phi) is 4.79. The first-order chi connectivity index (χ1) is 8.69. The number of piperidine rings is 1. The van der Waals surface area contributed by atoms with Crippen LogP contribution in [0.2, 0.25) is 0 Å². The summed E-state index contributed by atoms with van der Waals surface area (Å²) < 4.78 is 0. The average Bonchev–Trinajstić information content (AvgIpc) is 2.79. The number of rotatable bonds is 2. The molecule has 3 nitrogen and oxygen atoms in total. The monoisotopic (exact) mass is 264 g/mol. The lowest BCUT2D eigenvalue weighted by atomic mass is 9.96. The molecule has 1 saturated heterocycles. The van der Waals surface area contributed by atoms with Gasteiger partial charge in [0.15, 0.2) is 0 Å². The molecule has 1 aliphatic heterocycles. The molecule has 2 unspecified atom stereocenters. The molecule has 0 spiro atoms. The van der Waals surface area contributed by atoms with E-state index in [1.54, 1.807) is 11.3 Å². The summed E-state index contributed by atoms with van der Waals surface area (Å²) in [4.78, 5) is 4.69. The first kappa shape index (κ1) is 13.6. The molecule has 1 aliphatic rings. The predicted octanol–water partition coefficient (Wildman–Crippen LogP) is 1.26. The van der Waals surface area contributed by atoms with Gasteiger partial charge in [-0.15, -0.1) is 11.3 Å². The van der Waals surface area contributed by atoms with Crippen LogP contribution in [0.5, 0.6) is 0 Å². The van der Waals surface area contributed by atoms with E-state index in [0.717, 1.165) is 30.9 Å². The zero-order chi connectivity index (χ0) is 13.0. The maximum absolute atomic E-state index is 9.87. The number of aliphatic hydroxyl groups is 1. The van der Waals surface area contributed by atoms with Crippen LogP contribution in [0.25, 0.3) is 0 Å². The summed E-state index contributed by atoms with van der Waals surface area (Å²) in [5.74, 6) is 6.35. The number of aliphatic hydroxyl groups excluding tert-OH is 1. The number of nitrogens with zero attached hydrogens (tertiary/aromatic N) is 1. The van der Waals surface area contributed by atoms with Crippen molar-refractivity contribution >= 4 is 11.3 Å². The minimum atomic E-state index is -0.185. The largest absolute Gasteiger partial charge is 0.392 e. The first-order valence-corrected chi connectivity index (χ1v) is 7.18. The van der Waals surface area contributed by atoms with Crippen LogP contribution >= 0.6 is 11.3 Å². The molecule has 0 saturated carbocycles. The molecule has 2 heterocycles. The Bertz CT molecular complexity index is 446. The normalized spacial score (nSPS) is 24.6. The fourth-order valence-electron chi connectivity index (χ4n) is 2.15. The van der Waals surface area contributed by atoms with E-state index in [0.29, 0.717) is 12.5 Å². The van der Waals surface area contributed by atoms with E-state index in [1.807, 2.05) is 6.07 Å². The van der Waals surface area contributed by atoms with Crippen LogP contribution in [-0.2, 0) is 6.54 Å². The number of β-amino-alcohol motifs (C(OH)–C–C–N with tert-alkyl or cyclic N) is 1. The van der Waals surface area contributed by atoms with E-state index < -0.39 is 0 Å². The van der Waals surface area contributed by atoms with Gasteiger partial charge < -0.3 is 10.8 Å². The maximum atomic E-state index is 9.87. The second kappa shape index (κ2) is 6.35. The minimum Gasteiger partial charge on any atom is -0.392 e. The minimum absolute atomic E-state index is 0.185. The summed E-state index contributed by atoms with van der Waals surface area (Å²) in [6.45, 7) is 5.29. The second-order valence-electron chi connectivity index (χ2n) is 4.84. The second-order valence-corrected chi connectivity index (χ2v) is 6.01. The molecule has 0 radical (unpaired) electrons. The number of thiophene rings is 1. The first-order valence-electron chi connectivity index (χ1n) is 6.37. The van der Waals surface area contributed by atoms with Gasteiger partial charge in [0, 0.05) is 18.0 Å². The molecule has 0 aromatic carbocycles. The lowest BCUT2D eigenvalue weighted by molar-refractivity contribution is 0.0263. The van der Waals surface area contributed by atoms with E-state index in [4.69, 9.17) is 5.73 Å². The van der Waals surface area contributed by atoms with Crippen LogP contribution in [0.4, 0.5) is 0 Å². The number of nitrogens with two attached hydrogens (primary N) is 1. The van der Waals surface area contributed by atoms with Crippen molar-refractivity contribution in [2.24, 2.45) is 11.7 Å². The van der Waals surface area contributed by atoms with E-state index in [2.05, 4.69) is 29.7 Å². The molecule has 1 aromatic heterocycles. The van der Waals surface area contributed by atoms with E-state index in [-0.39, 0.29) is 6.10 Å². The van der Waals surface area contributed by atoms with Crippen LogP contribution in [0, 0.1) is 17.8 Å². The van der Waals surface area contributed by atoms with Crippen LogP contribution < -0.4 is 5.73 Å². The molecule has 0 bridgehead atoms. The van der Waals surface area contributed by atoms with Crippen molar-refractivity contribution in [3.63, 3.8) is 0 Å². The molecular weight excluding hydrogens is 244 g/mol.